The average Bonchev–Trinajstić information content (AvgIpc) is 2.31. The molecule has 0 spiro atoms. The molecule has 0 aromatic carbocycles. The molecule has 0 rings (SSSR count). The first kappa shape index (κ1) is 15.7. The van der Waals surface area contributed by atoms with Crippen LogP contribution in [0.1, 0.15) is 6.42 Å². The lowest BCUT2D eigenvalue weighted by atomic mass is 10.0. The summed E-state index contributed by atoms with van der Waals surface area (Å²) in [5.74, 6) is 0. The second-order valence-electron chi connectivity index (χ2n) is 3.45. The van der Waals surface area contributed by atoms with Gasteiger partial charge in [-0.2, -0.15) is 0 Å². The third-order valence-corrected chi connectivity index (χ3v) is 2.06. The van der Waals surface area contributed by atoms with Crippen molar-refractivity contribution in [3.63, 3.8) is 0 Å². The van der Waals surface area contributed by atoms with Crippen LogP contribution in [0.5, 0.6) is 0 Å². The summed E-state index contributed by atoms with van der Waals surface area (Å²) in [7, 11) is 0. The molecule has 0 bridgehead atoms. The maximum absolute atomic E-state index is 9.34. The van der Waals surface area contributed by atoms with Crippen molar-refractivity contribution >= 4 is 0 Å². The van der Waals surface area contributed by atoms with Crippen LogP contribution in [-0.2, 0) is 4.74 Å². The largest absolute Gasteiger partial charge is 0.396 e. The van der Waals surface area contributed by atoms with Crippen LogP contribution in [-0.4, -0.2) is 81.5 Å². The van der Waals surface area contributed by atoms with Gasteiger partial charge in [-0.1, -0.05) is 0 Å². The number of rotatable bonds is 9. The van der Waals surface area contributed by atoms with Gasteiger partial charge in [0.2, 0.25) is 0 Å². The summed E-state index contributed by atoms with van der Waals surface area (Å²) in [5, 5.41) is 53.9. The lowest BCUT2D eigenvalue weighted by Crippen LogP contribution is -2.47. The number of aliphatic hydroxyl groups is 6. The van der Waals surface area contributed by atoms with Gasteiger partial charge < -0.3 is 35.4 Å². The van der Waals surface area contributed by atoms with E-state index in [1.807, 2.05) is 0 Å². The van der Waals surface area contributed by atoms with Crippen LogP contribution in [0.2, 0.25) is 0 Å². The molecule has 6 N–H and O–H groups in total. The molecule has 0 saturated carbocycles. The van der Waals surface area contributed by atoms with Crippen molar-refractivity contribution in [2.75, 3.05) is 26.4 Å². The van der Waals surface area contributed by atoms with Crippen molar-refractivity contribution in [3.8, 4) is 0 Å². The Hall–Kier alpha value is -0.280. The average molecular weight is 240 g/mol. The van der Waals surface area contributed by atoms with Crippen molar-refractivity contribution in [1.29, 1.82) is 0 Å². The molecule has 0 aliphatic rings. The Morgan fingerprint density at radius 3 is 1.94 bits per heavy atom. The van der Waals surface area contributed by atoms with Crippen LogP contribution >= 0.6 is 0 Å². The molecule has 0 aromatic heterocycles. The van der Waals surface area contributed by atoms with Crippen LogP contribution in [0, 0.1) is 0 Å². The van der Waals surface area contributed by atoms with E-state index in [9.17, 15) is 15.3 Å². The number of hydrogen-bond acceptors (Lipinski definition) is 7. The minimum atomic E-state index is -1.64. The third-order valence-electron chi connectivity index (χ3n) is 2.06. The maximum Gasteiger partial charge on any atom is 0.111 e. The maximum atomic E-state index is 9.34. The number of hydrogen-bond donors (Lipinski definition) is 6. The van der Waals surface area contributed by atoms with Gasteiger partial charge in [-0.05, 0) is 6.42 Å². The molecule has 16 heavy (non-hydrogen) atoms. The summed E-state index contributed by atoms with van der Waals surface area (Å²) < 4.78 is 4.90. The Bertz CT molecular complexity index is 166. The molecule has 4 unspecified atom stereocenters. The lowest BCUT2D eigenvalue weighted by molar-refractivity contribution is -0.129. The molecule has 0 aliphatic heterocycles. The van der Waals surface area contributed by atoms with Crippen LogP contribution in [0.25, 0.3) is 0 Å². The van der Waals surface area contributed by atoms with E-state index < -0.39 is 31.0 Å². The first-order valence-electron chi connectivity index (χ1n) is 5.06. The highest BCUT2D eigenvalue weighted by atomic mass is 16.5. The van der Waals surface area contributed by atoms with Gasteiger partial charge >= 0.3 is 0 Å². The molecule has 0 radical (unpaired) electrons. The zero-order valence-electron chi connectivity index (χ0n) is 8.94. The molecular formula is C9H20O7. The molecule has 0 heterocycles. The van der Waals surface area contributed by atoms with E-state index in [-0.39, 0.29) is 19.8 Å². The van der Waals surface area contributed by atoms with E-state index in [4.69, 9.17) is 20.1 Å². The Morgan fingerprint density at radius 2 is 1.44 bits per heavy atom. The fourth-order valence-corrected chi connectivity index (χ4v) is 1.03. The van der Waals surface area contributed by atoms with Gasteiger partial charge in [-0.25, -0.2) is 0 Å². The van der Waals surface area contributed by atoms with E-state index in [0.717, 1.165) is 0 Å². The van der Waals surface area contributed by atoms with E-state index in [1.165, 1.54) is 0 Å². The van der Waals surface area contributed by atoms with Crippen molar-refractivity contribution < 1.29 is 35.4 Å². The minimum Gasteiger partial charge on any atom is -0.396 e. The van der Waals surface area contributed by atoms with Crippen molar-refractivity contribution in [1.82, 2.24) is 0 Å². The van der Waals surface area contributed by atoms with Crippen LogP contribution in [0.3, 0.4) is 0 Å². The molecule has 4 atom stereocenters. The van der Waals surface area contributed by atoms with Gasteiger partial charge in [0.15, 0.2) is 0 Å². The Kier molecular flexibility index (Phi) is 8.67. The molecule has 7 heteroatoms. The van der Waals surface area contributed by atoms with E-state index in [2.05, 4.69) is 0 Å². The molecule has 0 aromatic rings. The quantitative estimate of drug-likeness (QED) is 0.234. The molecule has 98 valence electrons. The summed E-state index contributed by atoms with van der Waals surface area (Å²) in [6.07, 6.45) is -5.71. The second-order valence-corrected chi connectivity index (χ2v) is 3.45. The van der Waals surface area contributed by atoms with Crippen molar-refractivity contribution in [3.05, 3.63) is 0 Å². The third kappa shape index (κ3) is 5.71. The van der Waals surface area contributed by atoms with Crippen LogP contribution in [0.15, 0.2) is 0 Å². The Labute approximate surface area is 93.5 Å². The molecular weight excluding hydrogens is 220 g/mol. The highest BCUT2D eigenvalue weighted by Crippen LogP contribution is 2.05. The van der Waals surface area contributed by atoms with Gasteiger partial charge in [0.05, 0.1) is 13.2 Å². The Balaban J connectivity index is 3.83. The first-order valence-corrected chi connectivity index (χ1v) is 5.06. The van der Waals surface area contributed by atoms with Crippen molar-refractivity contribution in [2.45, 2.75) is 30.8 Å². The lowest BCUT2D eigenvalue weighted by Gasteiger charge is -2.25. The number of aliphatic hydroxyl groups excluding tert-OH is 6. The van der Waals surface area contributed by atoms with E-state index in [1.54, 1.807) is 0 Å². The van der Waals surface area contributed by atoms with Crippen LogP contribution < -0.4 is 0 Å². The zero-order chi connectivity index (χ0) is 12.6. The smallest absolute Gasteiger partial charge is 0.111 e. The van der Waals surface area contributed by atoms with E-state index in [0.29, 0.717) is 6.42 Å². The predicted octanol–water partition coefficient (Wildman–Crippen LogP) is -3.18. The Morgan fingerprint density at radius 1 is 0.875 bits per heavy atom. The fraction of sp³-hybridized carbons (Fsp3) is 1.00. The minimum absolute atomic E-state index is 0.0372. The van der Waals surface area contributed by atoms with Gasteiger partial charge in [0.25, 0.3) is 0 Å². The number of ether oxygens (including phenoxy) is 1. The summed E-state index contributed by atoms with van der Waals surface area (Å²) in [4.78, 5) is 0. The normalized spacial score (nSPS) is 19.1. The first-order chi connectivity index (χ1) is 7.54. The summed E-state index contributed by atoms with van der Waals surface area (Å²) in [6.45, 7) is -0.754. The summed E-state index contributed by atoms with van der Waals surface area (Å²) in [6, 6.07) is 0. The highest BCUT2D eigenvalue weighted by molar-refractivity contribution is 4.80. The molecule has 0 aliphatic carbocycles. The van der Waals surface area contributed by atoms with E-state index >= 15 is 0 Å². The zero-order valence-corrected chi connectivity index (χ0v) is 8.94. The van der Waals surface area contributed by atoms with Crippen molar-refractivity contribution in [2.24, 2.45) is 0 Å². The molecule has 0 fully saturated rings. The molecule has 7 nitrogen and oxygen atoms in total. The standard InChI is InChI=1S/C9H20O7/c10-2-1-3-16-5-7(13)9(15)8(14)6(12)4-11/h6-15H,1-5H2. The summed E-state index contributed by atoms with van der Waals surface area (Å²) in [5.41, 5.74) is 0. The molecule has 0 saturated heterocycles. The highest BCUT2D eigenvalue weighted by Gasteiger charge is 2.29. The molecule has 0 amide bonds. The topological polar surface area (TPSA) is 131 Å². The fourth-order valence-electron chi connectivity index (χ4n) is 1.03. The van der Waals surface area contributed by atoms with Gasteiger partial charge in [0.1, 0.15) is 24.4 Å². The van der Waals surface area contributed by atoms with Crippen LogP contribution in [0.4, 0.5) is 0 Å². The SMILES string of the molecule is OCCCOCC(O)C(O)C(O)C(O)CO. The monoisotopic (exact) mass is 240 g/mol. The summed E-state index contributed by atoms with van der Waals surface area (Å²) >= 11 is 0. The van der Waals surface area contributed by atoms with Gasteiger partial charge in [0, 0.05) is 13.2 Å². The predicted molar refractivity (Wildman–Crippen MR) is 53.6 cm³/mol. The second kappa shape index (κ2) is 8.82. The van der Waals surface area contributed by atoms with Gasteiger partial charge in [-0.15, -0.1) is 0 Å². The van der Waals surface area contributed by atoms with Gasteiger partial charge in [-0.3, -0.25) is 0 Å².